The van der Waals surface area contributed by atoms with Crippen LogP contribution >= 0.6 is 0 Å². The van der Waals surface area contributed by atoms with E-state index in [0.717, 1.165) is 17.7 Å². The minimum atomic E-state index is -1.20. The fraction of sp³-hybridized carbons (Fsp3) is 0.167. The average Bonchev–Trinajstić information content (AvgIpc) is 2.91. The Morgan fingerprint density at radius 3 is 2.62 bits per heavy atom. The van der Waals surface area contributed by atoms with E-state index in [1.807, 2.05) is 60.7 Å². The van der Waals surface area contributed by atoms with Gasteiger partial charge in [-0.15, -0.1) is 0 Å². The van der Waals surface area contributed by atoms with Gasteiger partial charge in [0.05, 0.1) is 24.3 Å². The summed E-state index contributed by atoms with van der Waals surface area (Å²) in [4.78, 5) is 18.5. The first-order valence-corrected chi connectivity index (χ1v) is 12.0. The van der Waals surface area contributed by atoms with Crippen molar-refractivity contribution in [2.24, 2.45) is 0 Å². The Labute approximate surface area is 214 Å². The van der Waals surface area contributed by atoms with Gasteiger partial charge in [-0.1, -0.05) is 54.6 Å². The standard InChI is InChI=1S/C30H25N3O4/c1-36-27-16-21(11-12-26(27)37-14-13-31)15-22-18-33(17-20-7-3-2-4-8-20)19-24-28(30(34)35)23-9-5-6-10-25(23)32-29(22)24/h2-12,15-16H,14,17-19H2,1H3,(H,34,35)/b22-15+. The van der Waals surface area contributed by atoms with Crippen molar-refractivity contribution in [3.8, 4) is 17.6 Å². The number of hydrogen-bond acceptors (Lipinski definition) is 6. The van der Waals surface area contributed by atoms with E-state index in [0.29, 0.717) is 46.7 Å². The van der Waals surface area contributed by atoms with Crippen molar-refractivity contribution < 1.29 is 24.3 Å². The van der Waals surface area contributed by atoms with Crippen molar-refractivity contribution in [3.63, 3.8) is 0 Å². The van der Waals surface area contributed by atoms with Gasteiger partial charge >= 0.3 is 0 Å². The molecule has 0 radical (unpaired) electrons. The van der Waals surface area contributed by atoms with Crippen molar-refractivity contribution in [2.45, 2.75) is 13.1 Å². The van der Waals surface area contributed by atoms with Crippen LogP contribution in [0.3, 0.4) is 0 Å². The van der Waals surface area contributed by atoms with Crippen LogP contribution in [0.2, 0.25) is 0 Å². The predicted octanol–water partition coefficient (Wildman–Crippen LogP) is 2.65. The molecular formula is C30H25N3O4. The van der Waals surface area contributed by atoms with E-state index >= 15 is 0 Å². The van der Waals surface area contributed by atoms with Crippen LogP contribution in [0.1, 0.15) is 32.7 Å². The van der Waals surface area contributed by atoms with Crippen LogP contribution in [-0.4, -0.2) is 31.2 Å². The van der Waals surface area contributed by atoms with Crippen LogP contribution in [0.15, 0.2) is 72.8 Å². The Morgan fingerprint density at radius 2 is 1.86 bits per heavy atom. The van der Waals surface area contributed by atoms with Gasteiger partial charge in [0.25, 0.3) is 0 Å². The second kappa shape index (κ2) is 10.5. The molecule has 1 aliphatic heterocycles. The zero-order valence-corrected chi connectivity index (χ0v) is 20.4. The highest BCUT2D eigenvalue weighted by molar-refractivity contribution is 6.05. The first-order chi connectivity index (χ1) is 18.1. The molecule has 1 atom stereocenters. The summed E-state index contributed by atoms with van der Waals surface area (Å²) in [6.45, 7) is 1.84. The number of carboxylic acids is 1. The third-order valence-corrected chi connectivity index (χ3v) is 6.49. The molecule has 0 saturated carbocycles. The fourth-order valence-corrected chi connectivity index (χ4v) is 4.92. The molecule has 1 aliphatic rings. The summed E-state index contributed by atoms with van der Waals surface area (Å²) in [5.41, 5.74) is 5.14. The highest BCUT2D eigenvalue weighted by atomic mass is 16.5. The number of nitriles is 1. The van der Waals surface area contributed by atoms with Gasteiger partial charge in [-0.2, -0.15) is 5.26 Å². The molecule has 0 amide bonds. The largest absolute Gasteiger partial charge is 0.545 e. The number of carbonyl (C=O) groups is 1. The summed E-state index contributed by atoms with van der Waals surface area (Å²) in [5.74, 6) is -0.207. The summed E-state index contributed by atoms with van der Waals surface area (Å²) >= 11 is 0. The van der Waals surface area contributed by atoms with E-state index < -0.39 is 5.97 Å². The SMILES string of the molecule is COc1cc(/C=C2\C[NH+](Cc3ccccc3)Cc3c2nc2ccccc2c3C(=O)[O-])ccc1OCC#N. The molecule has 2 heterocycles. The number of nitrogens with one attached hydrogen (secondary N) is 1. The molecule has 0 saturated heterocycles. The highest BCUT2D eigenvalue weighted by Gasteiger charge is 2.29. The number of carbonyl (C=O) groups excluding carboxylic acids is 1. The van der Waals surface area contributed by atoms with Gasteiger partial charge in [-0.05, 0) is 29.8 Å². The second-order valence-electron chi connectivity index (χ2n) is 8.91. The predicted molar refractivity (Wildman–Crippen MR) is 138 cm³/mol. The Balaban J connectivity index is 1.64. The molecule has 0 spiro atoms. The Kier molecular flexibility index (Phi) is 6.84. The van der Waals surface area contributed by atoms with E-state index in [9.17, 15) is 9.90 Å². The molecular weight excluding hydrogens is 466 g/mol. The van der Waals surface area contributed by atoms with E-state index in [2.05, 4.69) is 12.1 Å². The van der Waals surface area contributed by atoms with Crippen LogP contribution in [0.25, 0.3) is 22.6 Å². The van der Waals surface area contributed by atoms with Gasteiger partial charge in [0.15, 0.2) is 18.1 Å². The maximum atomic E-state index is 12.4. The smallest absolute Gasteiger partial charge is 0.174 e. The maximum absolute atomic E-state index is 12.4. The van der Waals surface area contributed by atoms with Gasteiger partial charge in [-0.3, -0.25) is 0 Å². The number of benzene rings is 3. The number of aromatic nitrogens is 1. The number of hydrogen-bond donors (Lipinski definition) is 1. The lowest BCUT2D eigenvalue weighted by Crippen LogP contribution is -3.10. The van der Waals surface area contributed by atoms with Crippen molar-refractivity contribution in [3.05, 3.63) is 101 Å². The molecule has 4 aromatic rings. The Bertz CT molecular complexity index is 1540. The van der Waals surface area contributed by atoms with Gasteiger partial charge < -0.3 is 24.3 Å². The van der Waals surface area contributed by atoms with Crippen LogP contribution in [0.4, 0.5) is 0 Å². The Morgan fingerprint density at radius 1 is 1.08 bits per heavy atom. The number of aromatic carboxylic acids is 1. The summed E-state index contributed by atoms with van der Waals surface area (Å²) in [5, 5.41) is 21.8. The van der Waals surface area contributed by atoms with E-state index in [-0.39, 0.29) is 12.2 Å². The normalized spacial score (nSPS) is 15.7. The van der Waals surface area contributed by atoms with E-state index in [4.69, 9.17) is 19.7 Å². The first-order valence-electron chi connectivity index (χ1n) is 12.0. The number of ether oxygens (including phenoxy) is 2. The zero-order valence-electron chi connectivity index (χ0n) is 20.4. The lowest BCUT2D eigenvalue weighted by atomic mass is 9.91. The Hall–Kier alpha value is -4.67. The van der Waals surface area contributed by atoms with Gasteiger partial charge in [-0.25, -0.2) is 4.98 Å². The third kappa shape index (κ3) is 5.01. The van der Waals surface area contributed by atoms with Gasteiger partial charge in [0.1, 0.15) is 25.7 Å². The molecule has 37 heavy (non-hydrogen) atoms. The van der Waals surface area contributed by atoms with Crippen molar-refractivity contribution >= 4 is 28.5 Å². The highest BCUT2D eigenvalue weighted by Crippen LogP contribution is 2.32. The molecule has 184 valence electrons. The molecule has 0 fully saturated rings. The third-order valence-electron chi connectivity index (χ3n) is 6.49. The maximum Gasteiger partial charge on any atom is 0.174 e. The molecule has 0 bridgehead atoms. The van der Waals surface area contributed by atoms with Crippen molar-refractivity contribution in [2.75, 3.05) is 20.3 Å². The average molecular weight is 492 g/mol. The van der Waals surface area contributed by atoms with Crippen LogP contribution in [-0.2, 0) is 13.1 Å². The van der Waals surface area contributed by atoms with Crippen LogP contribution in [0.5, 0.6) is 11.5 Å². The molecule has 1 unspecified atom stereocenters. The number of quaternary nitrogens is 1. The molecule has 1 N–H and O–H groups in total. The lowest BCUT2D eigenvalue weighted by molar-refractivity contribution is -0.921. The second-order valence-corrected chi connectivity index (χ2v) is 8.91. The molecule has 0 aliphatic carbocycles. The number of nitrogens with zero attached hydrogens (tertiary/aromatic N) is 2. The van der Waals surface area contributed by atoms with Gasteiger partial charge in [0, 0.05) is 27.6 Å². The number of carboxylic acid groups (broad SMARTS) is 1. The molecule has 7 heteroatoms. The summed E-state index contributed by atoms with van der Waals surface area (Å²) in [7, 11) is 1.55. The van der Waals surface area contributed by atoms with E-state index in [1.54, 1.807) is 19.2 Å². The molecule has 5 rings (SSSR count). The van der Waals surface area contributed by atoms with E-state index in [1.165, 1.54) is 10.5 Å². The molecule has 7 nitrogen and oxygen atoms in total. The number of fused-ring (bicyclic) bond motifs is 2. The van der Waals surface area contributed by atoms with Crippen molar-refractivity contribution in [1.29, 1.82) is 5.26 Å². The molecule has 1 aromatic heterocycles. The quantitative estimate of drug-likeness (QED) is 0.427. The monoisotopic (exact) mass is 491 g/mol. The topological polar surface area (TPSA) is 99.7 Å². The number of methoxy groups -OCH3 is 1. The number of rotatable bonds is 7. The summed E-state index contributed by atoms with van der Waals surface area (Å²) < 4.78 is 10.9. The minimum Gasteiger partial charge on any atom is -0.545 e. The lowest BCUT2D eigenvalue weighted by Gasteiger charge is -2.30. The van der Waals surface area contributed by atoms with Crippen LogP contribution < -0.4 is 19.5 Å². The fourth-order valence-electron chi connectivity index (χ4n) is 4.92. The zero-order chi connectivity index (χ0) is 25.8. The summed E-state index contributed by atoms with van der Waals surface area (Å²) in [6.07, 6.45) is 2.01. The first kappa shape index (κ1) is 24.0. The minimum absolute atomic E-state index is 0.0784. The van der Waals surface area contributed by atoms with Crippen LogP contribution in [0, 0.1) is 11.3 Å². The molecule has 3 aromatic carbocycles. The summed E-state index contributed by atoms with van der Waals surface area (Å²) in [6, 6.07) is 24.9. The van der Waals surface area contributed by atoms with Crippen molar-refractivity contribution in [1.82, 2.24) is 4.98 Å². The number of pyridine rings is 1. The number of para-hydroxylation sites is 1. The van der Waals surface area contributed by atoms with Gasteiger partial charge in [0.2, 0.25) is 0 Å².